The Hall–Kier alpha value is 0. The van der Waals surface area contributed by atoms with Crippen LogP contribution in [0, 0.1) is 11.8 Å². The molecule has 0 spiro atoms. The van der Waals surface area contributed by atoms with Crippen molar-refractivity contribution in [1.29, 1.82) is 0 Å². The molecule has 0 bridgehead atoms. The zero-order valence-electron chi connectivity index (χ0n) is 10.4. The molecule has 0 aliphatic heterocycles. The molecule has 2 nitrogen and oxygen atoms in total. The van der Waals surface area contributed by atoms with Crippen LogP contribution in [0.5, 0.6) is 0 Å². The van der Waals surface area contributed by atoms with Gasteiger partial charge >= 0.3 is 6.18 Å². The molecule has 1 rings (SSSR count). The van der Waals surface area contributed by atoms with Gasteiger partial charge in [0.2, 0.25) is 0 Å². The molecule has 2 unspecified atom stereocenters. The van der Waals surface area contributed by atoms with Crippen molar-refractivity contribution >= 4 is 11.6 Å². The fourth-order valence-corrected chi connectivity index (χ4v) is 2.77. The molecular weight excluding hydrogens is 267 g/mol. The molecular formula is C12H21ClF3NO. The molecule has 0 saturated heterocycles. The molecule has 18 heavy (non-hydrogen) atoms. The number of rotatable bonds is 8. The van der Waals surface area contributed by atoms with Crippen LogP contribution in [-0.2, 0) is 4.74 Å². The van der Waals surface area contributed by atoms with Gasteiger partial charge in [-0.3, -0.25) is 0 Å². The zero-order chi connectivity index (χ0) is 13.4. The average Bonchev–Trinajstić information content (AvgIpc) is 2.73. The summed E-state index contributed by atoms with van der Waals surface area (Å²) in [6.07, 6.45) is 0.0249. The van der Waals surface area contributed by atoms with Crippen molar-refractivity contribution < 1.29 is 17.9 Å². The molecule has 1 fully saturated rings. The van der Waals surface area contributed by atoms with E-state index >= 15 is 0 Å². The van der Waals surface area contributed by atoms with Crippen molar-refractivity contribution in [3.8, 4) is 0 Å². The lowest BCUT2D eigenvalue weighted by atomic mass is 9.98. The van der Waals surface area contributed by atoms with Crippen LogP contribution >= 0.6 is 11.6 Å². The lowest BCUT2D eigenvalue weighted by Gasteiger charge is -2.17. The third kappa shape index (κ3) is 6.81. The molecule has 1 N–H and O–H groups in total. The third-order valence-corrected chi connectivity index (χ3v) is 3.73. The highest BCUT2D eigenvalue weighted by Gasteiger charge is 2.27. The predicted molar refractivity (Wildman–Crippen MR) is 65.9 cm³/mol. The van der Waals surface area contributed by atoms with Gasteiger partial charge < -0.3 is 10.1 Å². The maximum absolute atomic E-state index is 11.8. The number of hydrogen-bond acceptors (Lipinski definition) is 2. The van der Waals surface area contributed by atoms with Crippen LogP contribution in [0.4, 0.5) is 13.2 Å². The van der Waals surface area contributed by atoms with E-state index in [0.29, 0.717) is 30.7 Å². The molecule has 0 amide bonds. The molecule has 1 aliphatic carbocycles. The SMILES string of the molecule is FC(F)(F)COCCCNCC1CCCC1CCl. The van der Waals surface area contributed by atoms with Gasteiger partial charge in [-0.1, -0.05) is 6.42 Å². The highest BCUT2D eigenvalue weighted by molar-refractivity contribution is 6.18. The Morgan fingerprint density at radius 1 is 1.22 bits per heavy atom. The lowest BCUT2D eigenvalue weighted by Crippen LogP contribution is -2.27. The van der Waals surface area contributed by atoms with Crippen LogP contribution in [0.1, 0.15) is 25.7 Å². The lowest BCUT2D eigenvalue weighted by molar-refractivity contribution is -0.173. The first-order chi connectivity index (χ1) is 8.53. The zero-order valence-corrected chi connectivity index (χ0v) is 11.2. The molecule has 1 aliphatic rings. The van der Waals surface area contributed by atoms with Crippen LogP contribution < -0.4 is 5.32 Å². The van der Waals surface area contributed by atoms with Gasteiger partial charge in [0.05, 0.1) is 0 Å². The smallest absolute Gasteiger partial charge is 0.372 e. The second-order valence-corrected chi connectivity index (χ2v) is 5.14. The number of hydrogen-bond donors (Lipinski definition) is 1. The Labute approximate surface area is 111 Å². The Balaban J connectivity index is 1.92. The van der Waals surface area contributed by atoms with Gasteiger partial charge in [-0.2, -0.15) is 13.2 Å². The first-order valence-corrected chi connectivity index (χ1v) is 6.97. The summed E-state index contributed by atoms with van der Waals surface area (Å²) in [6, 6.07) is 0. The van der Waals surface area contributed by atoms with Crippen LogP contribution in [0.15, 0.2) is 0 Å². The molecule has 1 saturated carbocycles. The van der Waals surface area contributed by atoms with E-state index in [-0.39, 0.29) is 6.61 Å². The monoisotopic (exact) mass is 287 g/mol. The largest absolute Gasteiger partial charge is 0.411 e. The summed E-state index contributed by atoms with van der Waals surface area (Å²) < 4.78 is 39.8. The fourth-order valence-electron chi connectivity index (χ4n) is 2.36. The maximum atomic E-state index is 11.8. The normalized spacial score (nSPS) is 24.7. The summed E-state index contributed by atoms with van der Waals surface area (Å²) in [7, 11) is 0. The van der Waals surface area contributed by atoms with E-state index in [2.05, 4.69) is 10.1 Å². The molecule has 0 aromatic heterocycles. The van der Waals surface area contributed by atoms with Crippen LogP contribution in [0.25, 0.3) is 0 Å². The molecule has 6 heteroatoms. The van der Waals surface area contributed by atoms with E-state index in [9.17, 15) is 13.2 Å². The van der Waals surface area contributed by atoms with E-state index in [1.54, 1.807) is 0 Å². The van der Waals surface area contributed by atoms with E-state index in [4.69, 9.17) is 11.6 Å². The quantitative estimate of drug-likeness (QED) is 0.547. The third-order valence-electron chi connectivity index (χ3n) is 3.33. The number of halogens is 4. The van der Waals surface area contributed by atoms with Gasteiger partial charge in [-0.25, -0.2) is 0 Å². The summed E-state index contributed by atoms with van der Waals surface area (Å²) >= 11 is 5.87. The van der Waals surface area contributed by atoms with E-state index < -0.39 is 12.8 Å². The summed E-state index contributed by atoms with van der Waals surface area (Å²) in [6.45, 7) is 0.611. The summed E-state index contributed by atoms with van der Waals surface area (Å²) in [5.41, 5.74) is 0. The maximum Gasteiger partial charge on any atom is 0.411 e. The standard InChI is InChI=1S/C12H21ClF3NO/c13-7-10-3-1-4-11(10)8-17-5-2-6-18-9-12(14,15)16/h10-11,17H,1-9H2. The highest BCUT2D eigenvalue weighted by Crippen LogP contribution is 2.31. The van der Waals surface area contributed by atoms with Crippen molar-refractivity contribution in [3.63, 3.8) is 0 Å². The molecule has 0 aromatic rings. The Bertz CT molecular complexity index is 226. The highest BCUT2D eigenvalue weighted by atomic mass is 35.5. The van der Waals surface area contributed by atoms with Gasteiger partial charge in [-0.05, 0) is 44.2 Å². The first kappa shape index (κ1) is 16.1. The fraction of sp³-hybridized carbons (Fsp3) is 1.00. The minimum absolute atomic E-state index is 0.149. The van der Waals surface area contributed by atoms with Crippen LogP contribution in [0.3, 0.4) is 0 Å². The van der Waals surface area contributed by atoms with E-state index in [1.165, 1.54) is 19.3 Å². The average molecular weight is 288 g/mol. The second-order valence-electron chi connectivity index (χ2n) is 4.83. The second kappa shape index (κ2) is 8.23. The van der Waals surface area contributed by atoms with Gasteiger partial charge in [0.1, 0.15) is 6.61 Å². The summed E-state index contributed by atoms with van der Waals surface area (Å²) in [4.78, 5) is 0. The minimum Gasteiger partial charge on any atom is -0.372 e. The van der Waals surface area contributed by atoms with Crippen molar-refractivity contribution in [2.75, 3.05) is 32.2 Å². The molecule has 0 heterocycles. The van der Waals surface area contributed by atoms with Crippen LogP contribution in [0.2, 0.25) is 0 Å². The van der Waals surface area contributed by atoms with Gasteiger partial charge in [0.25, 0.3) is 0 Å². The molecule has 0 aromatic carbocycles. The minimum atomic E-state index is -4.22. The topological polar surface area (TPSA) is 21.3 Å². The Kier molecular flexibility index (Phi) is 7.34. The Morgan fingerprint density at radius 3 is 2.61 bits per heavy atom. The summed E-state index contributed by atoms with van der Waals surface area (Å²) in [5, 5.41) is 3.27. The van der Waals surface area contributed by atoms with Crippen molar-refractivity contribution in [2.24, 2.45) is 11.8 Å². The first-order valence-electron chi connectivity index (χ1n) is 6.44. The van der Waals surface area contributed by atoms with Gasteiger partial charge in [0, 0.05) is 12.5 Å². The number of nitrogens with one attached hydrogen (secondary N) is 1. The van der Waals surface area contributed by atoms with E-state index in [0.717, 1.165) is 6.54 Å². The van der Waals surface area contributed by atoms with Crippen molar-refractivity contribution in [3.05, 3.63) is 0 Å². The summed E-state index contributed by atoms with van der Waals surface area (Å²) in [5.74, 6) is 1.93. The van der Waals surface area contributed by atoms with Gasteiger partial charge in [-0.15, -0.1) is 11.6 Å². The van der Waals surface area contributed by atoms with Gasteiger partial charge in [0.15, 0.2) is 0 Å². The molecule has 0 radical (unpaired) electrons. The van der Waals surface area contributed by atoms with Crippen molar-refractivity contribution in [1.82, 2.24) is 5.32 Å². The Morgan fingerprint density at radius 2 is 1.94 bits per heavy atom. The van der Waals surface area contributed by atoms with Crippen molar-refractivity contribution in [2.45, 2.75) is 31.9 Å². The molecule has 108 valence electrons. The predicted octanol–water partition coefficient (Wildman–Crippen LogP) is 3.20. The molecule has 2 atom stereocenters. The van der Waals surface area contributed by atoms with E-state index in [1.807, 2.05) is 0 Å². The number of ether oxygens (including phenoxy) is 1. The number of alkyl halides is 4. The van der Waals surface area contributed by atoms with Crippen LogP contribution in [-0.4, -0.2) is 38.4 Å².